The van der Waals surface area contributed by atoms with Crippen LogP contribution in [0.1, 0.15) is 47.9 Å². The Hall–Kier alpha value is -4.53. The Morgan fingerprint density at radius 2 is 0.733 bits per heavy atom. The van der Waals surface area contributed by atoms with Crippen LogP contribution in [-0.4, -0.2) is 19.0 Å². The Kier molecular flexibility index (Phi) is 9.83. The molecule has 2 atom stereocenters. The minimum atomic E-state index is -0.543. The number of ketones is 1. The van der Waals surface area contributed by atoms with E-state index in [0.717, 1.165) is 22.3 Å². The number of carbonyl (C=O) groups is 1. The van der Waals surface area contributed by atoms with E-state index in [0.29, 0.717) is 44.7 Å². The molecule has 0 unspecified atom stereocenters. The molecule has 2 nitrogen and oxygen atoms in total. The summed E-state index contributed by atoms with van der Waals surface area (Å²) in [7, 11) is 0. The van der Waals surface area contributed by atoms with E-state index in [9.17, 15) is 0 Å². The van der Waals surface area contributed by atoms with Crippen LogP contribution in [0.4, 0.5) is 0 Å². The lowest BCUT2D eigenvalue weighted by Crippen LogP contribution is -2.39. The number of rotatable bonds is 12. The predicted octanol–water partition coefficient (Wildman–Crippen LogP) is 10.2. The molecule has 1 saturated heterocycles. The molecule has 45 heavy (non-hydrogen) atoms. The summed E-state index contributed by atoms with van der Waals surface area (Å²) in [5.41, 5.74) is 3.53. The molecular weight excluding hydrogens is 548 g/mol. The van der Waals surface area contributed by atoms with Gasteiger partial charge in [-0.05, 0) is 47.9 Å². The van der Waals surface area contributed by atoms with Gasteiger partial charge in [-0.25, -0.2) is 0 Å². The third kappa shape index (κ3) is 6.92. The number of Topliss-reactive ketones (excluding diaryl/α,β-unsaturated/α-hetero) is 1. The average Bonchev–Trinajstić information content (AvgIpc) is 3.65. The lowest BCUT2D eigenvalue weighted by molar-refractivity contribution is -0.136. The largest absolute Gasteiger partial charge is 0.381 e. The molecule has 0 aromatic heterocycles. The van der Waals surface area contributed by atoms with Gasteiger partial charge >= 0.3 is 0 Å². The Balaban J connectivity index is 1.38. The van der Waals surface area contributed by atoms with Crippen molar-refractivity contribution in [1.29, 1.82) is 0 Å². The summed E-state index contributed by atoms with van der Waals surface area (Å²) >= 11 is 0. The van der Waals surface area contributed by atoms with Gasteiger partial charge in [-0.2, -0.15) is 0 Å². The van der Waals surface area contributed by atoms with Crippen molar-refractivity contribution >= 4 is 30.1 Å². The second-order valence-electron chi connectivity index (χ2n) is 12.5. The summed E-state index contributed by atoms with van der Waals surface area (Å²) in [6.07, 6.45) is 20.4. The zero-order valence-corrected chi connectivity index (χ0v) is 25.9. The zero-order valence-electron chi connectivity index (χ0n) is 25.9. The Bertz CT molecular complexity index is 1410. The Labute approximate surface area is 268 Å². The van der Waals surface area contributed by atoms with Crippen LogP contribution in [0.15, 0.2) is 146 Å². The molecule has 2 fully saturated rings. The first-order valence-electron chi connectivity index (χ1n) is 16.2. The molecule has 1 aliphatic carbocycles. The average molecular weight is 591 g/mol. The predicted molar refractivity (Wildman–Crippen MR) is 188 cm³/mol. The molecule has 2 heteroatoms. The maximum Gasteiger partial charge on any atom is 0.147 e. The minimum absolute atomic E-state index is 0.154. The van der Waals surface area contributed by atoms with E-state index in [2.05, 4.69) is 146 Å². The maximum absolute atomic E-state index is 15.3. The van der Waals surface area contributed by atoms with E-state index in [-0.39, 0.29) is 11.8 Å². The lowest BCUT2D eigenvalue weighted by atomic mass is 9.68. The van der Waals surface area contributed by atoms with Crippen LogP contribution in [0, 0.1) is 22.7 Å². The summed E-state index contributed by atoms with van der Waals surface area (Å²) in [5.74, 6) is 0.696. The summed E-state index contributed by atoms with van der Waals surface area (Å²) in [4.78, 5) is 15.3. The fourth-order valence-corrected chi connectivity index (χ4v) is 7.50. The molecule has 1 heterocycles. The second-order valence-corrected chi connectivity index (χ2v) is 12.5. The van der Waals surface area contributed by atoms with Crippen LogP contribution >= 0.6 is 0 Å². The topological polar surface area (TPSA) is 26.3 Å². The smallest absolute Gasteiger partial charge is 0.147 e. The fourth-order valence-electron chi connectivity index (χ4n) is 7.50. The summed E-state index contributed by atoms with van der Waals surface area (Å²) in [5, 5.41) is 0. The van der Waals surface area contributed by atoms with Crippen molar-refractivity contribution in [2.75, 3.05) is 13.2 Å². The number of ether oxygens (including phenoxy) is 1. The third-order valence-corrected chi connectivity index (χ3v) is 9.77. The maximum atomic E-state index is 15.3. The van der Waals surface area contributed by atoms with Gasteiger partial charge < -0.3 is 4.74 Å². The number of fused-ring (bicyclic) bond motifs is 1. The van der Waals surface area contributed by atoms with Crippen molar-refractivity contribution in [2.45, 2.75) is 25.7 Å². The Morgan fingerprint density at radius 1 is 0.467 bits per heavy atom. The zero-order chi connectivity index (χ0) is 30.8. The van der Waals surface area contributed by atoms with Crippen molar-refractivity contribution in [1.82, 2.24) is 0 Å². The molecule has 0 bridgehead atoms. The standard InChI is InChI=1S/C43H42O2/c44-41-42(29-13-25-35-17-5-1-6-18-35,30-14-26-36-19-7-2-8-20-36)39-33-45-34-40(39)43(41,31-15-27-37-21-9-3-10-22-37)32-16-28-38-23-11-4-12-24-38/h1-28,39-40H,29-34H2/b25-13+,26-14+,27-15+,28-16+/t39-,40-/m1/s1. The van der Waals surface area contributed by atoms with Crippen LogP contribution in [0.3, 0.4) is 0 Å². The minimum Gasteiger partial charge on any atom is -0.381 e. The van der Waals surface area contributed by atoms with Gasteiger partial charge in [0, 0.05) is 22.7 Å². The van der Waals surface area contributed by atoms with Gasteiger partial charge in [0.1, 0.15) is 5.78 Å². The van der Waals surface area contributed by atoms with Gasteiger partial charge in [0.25, 0.3) is 0 Å². The first-order valence-corrected chi connectivity index (χ1v) is 16.2. The first-order chi connectivity index (χ1) is 22.2. The molecular formula is C43H42O2. The molecule has 0 radical (unpaired) electrons. The molecule has 4 aromatic rings. The molecule has 226 valence electrons. The highest BCUT2D eigenvalue weighted by Crippen LogP contribution is 2.63. The molecule has 1 aliphatic heterocycles. The molecule has 2 aliphatic rings. The number of hydrogen-bond donors (Lipinski definition) is 0. The molecule has 1 saturated carbocycles. The monoisotopic (exact) mass is 590 g/mol. The van der Waals surface area contributed by atoms with Crippen LogP contribution in [0.5, 0.6) is 0 Å². The van der Waals surface area contributed by atoms with Gasteiger partial charge in [0.05, 0.1) is 13.2 Å². The van der Waals surface area contributed by atoms with Gasteiger partial charge in [0.15, 0.2) is 0 Å². The van der Waals surface area contributed by atoms with E-state index in [1.165, 1.54) is 0 Å². The van der Waals surface area contributed by atoms with Gasteiger partial charge in [0.2, 0.25) is 0 Å². The normalized spacial score (nSPS) is 20.6. The highest BCUT2D eigenvalue weighted by Gasteiger charge is 2.66. The third-order valence-electron chi connectivity index (χ3n) is 9.77. The summed E-state index contributed by atoms with van der Waals surface area (Å²) in [6, 6.07) is 41.5. The highest BCUT2D eigenvalue weighted by molar-refractivity contribution is 5.95. The number of benzene rings is 4. The van der Waals surface area contributed by atoms with E-state index in [4.69, 9.17) is 4.74 Å². The van der Waals surface area contributed by atoms with E-state index in [1.807, 2.05) is 24.3 Å². The van der Waals surface area contributed by atoms with Crippen molar-refractivity contribution in [3.8, 4) is 0 Å². The van der Waals surface area contributed by atoms with Crippen LogP contribution in [0.25, 0.3) is 24.3 Å². The fraction of sp³-hybridized carbons (Fsp3) is 0.233. The van der Waals surface area contributed by atoms with Crippen LogP contribution in [-0.2, 0) is 9.53 Å². The second kappa shape index (κ2) is 14.5. The van der Waals surface area contributed by atoms with Gasteiger partial charge in [-0.3, -0.25) is 4.79 Å². The van der Waals surface area contributed by atoms with Crippen LogP contribution in [0.2, 0.25) is 0 Å². The number of hydrogen-bond acceptors (Lipinski definition) is 2. The first kappa shape index (κ1) is 30.5. The quantitative estimate of drug-likeness (QED) is 0.164. The number of allylic oxidation sites excluding steroid dienone is 4. The lowest BCUT2D eigenvalue weighted by Gasteiger charge is -2.34. The van der Waals surface area contributed by atoms with E-state index >= 15 is 4.79 Å². The molecule has 4 aromatic carbocycles. The van der Waals surface area contributed by atoms with Crippen LogP contribution < -0.4 is 0 Å². The Morgan fingerprint density at radius 3 is 1.00 bits per heavy atom. The summed E-state index contributed by atoms with van der Waals surface area (Å²) in [6.45, 7) is 1.25. The van der Waals surface area contributed by atoms with Crippen molar-refractivity contribution in [2.24, 2.45) is 22.7 Å². The molecule has 0 amide bonds. The van der Waals surface area contributed by atoms with Crippen molar-refractivity contribution in [3.63, 3.8) is 0 Å². The molecule has 0 spiro atoms. The molecule has 6 rings (SSSR count). The van der Waals surface area contributed by atoms with Crippen molar-refractivity contribution < 1.29 is 9.53 Å². The van der Waals surface area contributed by atoms with E-state index in [1.54, 1.807) is 0 Å². The van der Waals surface area contributed by atoms with Gasteiger partial charge in [-0.1, -0.05) is 170 Å². The SMILES string of the molecule is O=C1C(C/C=C/c2ccccc2)(C/C=C/c2ccccc2)[C@@H]2COC[C@H]2C1(C/C=C/c1ccccc1)C/C=C/c1ccccc1. The highest BCUT2D eigenvalue weighted by atomic mass is 16.5. The van der Waals surface area contributed by atoms with Crippen molar-refractivity contribution in [3.05, 3.63) is 168 Å². The van der Waals surface area contributed by atoms with Gasteiger partial charge in [-0.15, -0.1) is 0 Å². The number of carbonyl (C=O) groups excluding carboxylic acids is 1. The van der Waals surface area contributed by atoms with E-state index < -0.39 is 10.8 Å². The summed E-state index contributed by atoms with van der Waals surface area (Å²) < 4.78 is 6.28. The molecule has 0 N–H and O–H groups in total.